The van der Waals surface area contributed by atoms with Crippen LogP contribution in [0.15, 0.2) is 30.3 Å². The molecule has 1 aliphatic heterocycles. The van der Waals surface area contributed by atoms with Crippen LogP contribution in [-0.2, 0) is 11.3 Å². The van der Waals surface area contributed by atoms with E-state index in [0.29, 0.717) is 12.6 Å². The molecule has 2 fully saturated rings. The van der Waals surface area contributed by atoms with Crippen molar-refractivity contribution in [2.75, 3.05) is 13.1 Å². The minimum atomic E-state index is -2.60. The predicted octanol–water partition coefficient (Wildman–Crippen LogP) is 2.23. The highest BCUT2D eigenvalue weighted by Gasteiger charge is 2.40. The van der Waals surface area contributed by atoms with Gasteiger partial charge in [0.15, 0.2) is 0 Å². The van der Waals surface area contributed by atoms with E-state index in [4.69, 9.17) is 0 Å². The first kappa shape index (κ1) is 16.7. The fraction of sp³-hybridized carbons (Fsp3) is 0.529. The van der Waals surface area contributed by atoms with Gasteiger partial charge in [0.05, 0.1) is 12.6 Å². The van der Waals surface area contributed by atoms with Gasteiger partial charge < -0.3 is 15.1 Å². The van der Waals surface area contributed by atoms with E-state index < -0.39 is 19.0 Å². The zero-order valence-corrected chi connectivity index (χ0v) is 13.3. The van der Waals surface area contributed by atoms with Gasteiger partial charge in [-0.2, -0.15) is 0 Å². The molecule has 0 aromatic heterocycles. The quantitative estimate of drug-likeness (QED) is 0.865. The number of carbonyl (C=O) groups is 2. The largest absolute Gasteiger partial charge is 0.338 e. The molecule has 0 radical (unpaired) electrons. The van der Waals surface area contributed by atoms with Crippen LogP contribution >= 0.6 is 0 Å². The van der Waals surface area contributed by atoms with Crippen molar-refractivity contribution in [3.8, 4) is 0 Å². The summed E-state index contributed by atoms with van der Waals surface area (Å²) in [5.41, 5.74) is 0.787. The third-order valence-corrected chi connectivity index (χ3v) is 4.34. The zero-order valence-electron chi connectivity index (χ0n) is 13.3. The molecule has 7 heteroatoms. The SMILES string of the molecule is O=C(NC1CC(=O)N(C2CC2)C1)N(Cc1ccccc1)CC(F)F. The van der Waals surface area contributed by atoms with Crippen molar-refractivity contribution in [2.24, 2.45) is 0 Å². The van der Waals surface area contributed by atoms with Gasteiger partial charge in [0, 0.05) is 25.6 Å². The molecule has 1 N–H and O–H groups in total. The molecule has 3 rings (SSSR count). The van der Waals surface area contributed by atoms with Crippen LogP contribution < -0.4 is 5.32 Å². The normalized spacial score (nSPS) is 20.5. The lowest BCUT2D eigenvalue weighted by atomic mass is 10.2. The molecule has 1 aliphatic carbocycles. The number of urea groups is 1. The Bertz CT molecular complexity index is 593. The van der Waals surface area contributed by atoms with Gasteiger partial charge in [0.1, 0.15) is 0 Å². The van der Waals surface area contributed by atoms with Crippen molar-refractivity contribution >= 4 is 11.9 Å². The topological polar surface area (TPSA) is 52.7 Å². The van der Waals surface area contributed by atoms with Crippen molar-refractivity contribution in [3.05, 3.63) is 35.9 Å². The lowest BCUT2D eigenvalue weighted by Gasteiger charge is -2.25. The van der Waals surface area contributed by atoms with Gasteiger partial charge in [-0.25, -0.2) is 13.6 Å². The van der Waals surface area contributed by atoms with Crippen molar-refractivity contribution in [1.82, 2.24) is 15.1 Å². The van der Waals surface area contributed by atoms with Crippen LogP contribution in [0.3, 0.4) is 0 Å². The van der Waals surface area contributed by atoms with Crippen LogP contribution in [0.1, 0.15) is 24.8 Å². The first-order valence-corrected chi connectivity index (χ1v) is 8.20. The second-order valence-electron chi connectivity index (χ2n) is 6.39. The molecule has 130 valence electrons. The first-order chi connectivity index (χ1) is 11.5. The van der Waals surface area contributed by atoms with E-state index in [1.807, 2.05) is 6.07 Å². The van der Waals surface area contributed by atoms with Crippen LogP contribution in [0.25, 0.3) is 0 Å². The Hall–Kier alpha value is -2.18. The predicted molar refractivity (Wildman–Crippen MR) is 84.5 cm³/mol. The molecule has 1 atom stereocenters. The fourth-order valence-corrected chi connectivity index (χ4v) is 3.02. The number of nitrogens with one attached hydrogen (secondary N) is 1. The summed E-state index contributed by atoms with van der Waals surface area (Å²) in [5, 5.41) is 2.74. The number of rotatable bonds is 6. The molecule has 5 nitrogen and oxygen atoms in total. The standard InChI is InChI=1S/C17H21F2N3O2/c18-15(19)11-21(9-12-4-2-1-3-5-12)17(24)20-13-8-16(23)22(10-13)14-6-7-14/h1-5,13-15H,6-11H2,(H,20,24). The smallest absolute Gasteiger partial charge is 0.318 e. The molecule has 2 aliphatic rings. The summed E-state index contributed by atoms with van der Waals surface area (Å²) >= 11 is 0. The maximum absolute atomic E-state index is 12.8. The number of benzene rings is 1. The van der Waals surface area contributed by atoms with Crippen LogP contribution in [-0.4, -0.2) is 53.3 Å². The molecule has 3 amide bonds. The van der Waals surface area contributed by atoms with E-state index in [2.05, 4.69) is 5.32 Å². The van der Waals surface area contributed by atoms with Gasteiger partial charge in [-0.3, -0.25) is 4.79 Å². The second kappa shape index (κ2) is 7.15. The number of nitrogens with zero attached hydrogens (tertiary/aromatic N) is 2. The number of likely N-dealkylation sites (tertiary alicyclic amines) is 1. The number of amides is 3. The Kier molecular flexibility index (Phi) is 4.97. The second-order valence-corrected chi connectivity index (χ2v) is 6.39. The summed E-state index contributed by atoms with van der Waals surface area (Å²) in [6, 6.07) is 8.47. The maximum atomic E-state index is 12.8. The Morgan fingerprint density at radius 1 is 1.29 bits per heavy atom. The van der Waals surface area contributed by atoms with Gasteiger partial charge in [-0.05, 0) is 18.4 Å². The van der Waals surface area contributed by atoms with Crippen LogP contribution in [0.2, 0.25) is 0 Å². The summed E-state index contributed by atoms with van der Waals surface area (Å²) in [4.78, 5) is 27.2. The van der Waals surface area contributed by atoms with Crippen LogP contribution in [0, 0.1) is 0 Å². The highest BCUT2D eigenvalue weighted by molar-refractivity contribution is 5.82. The lowest BCUT2D eigenvalue weighted by Crippen LogP contribution is -2.47. The van der Waals surface area contributed by atoms with Crippen molar-refractivity contribution < 1.29 is 18.4 Å². The van der Waals surface area contributed by atoms with E-state index in [-0.39, 0.29) is 24.9 Å². The molecule has 1 aromatic rings. The average Bonchev–Trinajstić information content (AvgIpc) is 3.31. The highest BCUT2D eigenvalue weighted by atomic mass is 19.3. The van der Waals surface area contributed by atoms with Gasteiger partial charge in [-0.1, -0.05) is 30.3 Å². The van der Waals surface area contributed by atoms with Crippen molar-refractivity contribution in [3.63, 3.8) is 0 Å². The van der Waals surface area contributed by atoms with Gasteiger partial charge in [0.25, 0.3) is 6.43 Å². The molecule has 1 heterocycles. The maximum Gasteiger partial charge on any atom is 0.318 e. The Labute approximate surface area is 139 Å². The van der Waals surface area contributed by atoms with Gasteiger partial charge in [0.2, 0.25) is 5.91 Å². The zero-order chi connectivity index (χ0) is 17.1. The van der Waals surface area contributed by atoms with E-state index in [0.717, 1.165) is 23.3 Å². The molecule has 0 spiro atoms. The minimum absolute atomic E-state index is 0.0336. The molecule has 24 heavy (non-hydrogen) atoms. The van der Waals surface area contributed by atoms with Crippen molar-refractivity contribution in [2.45, 2.75) is 44.3 Å². The number of hydrogen-bond donors (Lipinski definition) is 1. The molecular weight excluding hydrogens is 316 g/mol. The monoisotopic (exact) mass is 337 g/mol. The third kappa shape index (κ3) is 4.21. The van der Waals surface area contributed by atoms with E-state index >= 15 is 0 Å². The summed E-state index contributed by atoms with van der Waals surface area (Å²) in [7, 11) is 0. The summed E-state index contributed by atoms with van der Waals surface area (Å²) in [6.45, 7) is -0.0408. The lowest BCUT2D eigenvalue weighted by molar-refractivity contribution is -0.128. The molecule has 1 saturated heterocycles. The van der Waals surface area contributed by atoms with Gasteiger partial charge >= 0.3 is 6.03 Å². The Morgan fingerprint density at radius 3 is 2.62 bits per heavy atom. The van der Waals surface area contributed by atoms with Crippen LogP contribution in [0.5, 0.6) is 0 Å². The highest BCUT2D eigenvalue weighted by Crippen LogP contribution is 2.30. The summed E-state index contributed by atoms with van der Waals surface area (Å²) in [5.74, 6) is 0.0336. The number of carbonyl (C=O) groups excluding carboxylic acids is 2. The summed E-state index contributed by atoms with van der Waals surface area (Å²) in [6.07, 6.45) is -0.334. The molecular formula is C17H21F2N3O2. The number of halogens is 2. The van der Waals surface area contributed by atoms with E-state index in [9.17, 15) is 18.4 Å². The van der Waals surface area contributed by atoms with Gasteiger partial charge in [-0.15, -0.1) is 0 Å². The Morgan fingerprint density at radius 2 is 2.00 bits per heavy atom. The molecule has 1 aromatic carbocycles. The Balaban J connectivity index is 1.59. The molecule has 1 unspecified atom stereocenters. The first-order valence-electron chi connectivity index (χ1n) is 8.20. The fourth-order valence-electron chi connectivity index (χ4n) is 3.02. The van der Waals surface area contributed by atoms with Crippen LogP contribution in [0.4, 0.5) is 13.6 Å². The van der Waals surface area contributed by atoms with E-state index in [1.54, 1.807) is 29.2 Å². The average molecular weight is 337 g/mol. The summed E-state index contributed by atoms with van der Waals surface area (Å²) < 4.78 is 25.6. The third-order valence-electron chi connectivity index (χ3n) is 4.34. The molecule has 0 bridgehead atoms. The molecule has 1 saturated carbocycles. The van der Waals surface area contributed by atoms with Crippen molar-refractivity contribution in [1.29, 1.82) is 0 Å². The van der Waals surface area contributed by atoms with E-state index in [1.165, 1.54) is 0 Å². The minimum Gasteiger partial charge on any atom is -0.338 e. The number of hydrogen-bond acceptors (Lipinski definition) is 2. The number of alkyl halides is 2.